The second kappa shape index (κ2) is 5.17. The number of pyridine rings is 1. The Labute approximate surface area is 85.7 Å². The molecule has 0 fully saturated rings. The number of nitrogens with two attached hydrogens (primary N) is 1. The highest BCUT2D eigenvalue weighted by atomic mass is 35.5. The average molecular weight is 227 g/mol. The lowest BCUT2D eigenvalue weighted by molar-refractivity contribution is -0.137. The molecule has 0 saturated carbocycles. The van der Waals surface area contributed by atoms with E-state index in [2.05, 4.69) is 4.98 Å². The summed E-state index contributed by atoms with van der Waals surface area (Å²) in [6, 6.07) is 1.97. The number of rotatable bonds is 2. The van der Waals surface area contributed by atoms with Crippen molar-refractivity contribution in [2.75, 3.05) is 6.54 Å². The molecule has 0 aliphatic rings. The first kappa shape index (κ1) is 13.2. The number of hydrogen-bond donors (Lipinski definition) is 1. The molecule has 2 N–H and O–H groups in total. The van der Waals surface area contributed by atoms with E-state index in [1.807, 2.05) is 0 Å². The number of alkyl halides is 3. The molecule has 0 aromatic carbocycles. The third-order valence-corrected chi connectivity index (χ3v) is 1.54. The van der Waals surface area contributed by atoms with Crippen LogP contribution in [-0.4, -0.2) is 11.5 Å². The van der Waals surface area contributed by atoms with E-state index in [0.717, 1.165) is 18.3 Å². The maximum Gasteiger partial charge on any atom is 0.416 e. The van der Waals surface area contributed by atoms with Gasteiger partial charge in [0.05, 0.1) is 5.56 Å². The summed E-state index contributed by atoms with van der Waals surface area (Å²) in [5, 5.41) is 0. The standard InChI is InChI=1S/C8H9F3N2.ClH/c9-8(10,11)6-2-4-13-7(5-6)1-3-12;/h2,4-5H,1,3,12H2;1H. The van der Waals surface area contributed by atoms with Crippen LogP contribution in [0.2, 0.25) is 0 Å². The Morgan fingerprint density at radius 1 is 1.36 bits per heavy atom. The van der Waals surface area contributed by atoms with Gasteiger partial charge in [0, 0.05) is 18.3 Å². The molecule has 1 rings (SSSR count). The van der Waals surface area contributed by atoms with Crippen LogP contribution >= 0.6 is 12.4 Å². The van der Waals surface area contributed by atoms with Crippen LogP contribution in [0.4, 0.5) is 13.2 Å². The highest BCUT2D eigenvalue weighted by Gasteiger charge is 2.30. The summed E-state index contributed by atoms with van der Waals surface area (Å²) in [7, 11) is 0. The van der Waals surface area contributed by atoms with Crippen molar-refractivity contribution in [1.82, 2.24) is 4.98 Å². The first-order valence-electron chi connectivity index (χ1n) is 3.76. The minimum Gasteiger partial charge on any atom is -0.330 e. The maximum atomic E-state index is 12.1. The van der Waals surface area contributed by atoms with Gasteiger partial charge in [-0.3, -0.25) is 4.98 Å². The molecular formula is C8H10ClF3N2. The molecule has 0 aliphatic heterocycles. The van der Waals surface area contributed by atoms with Gasteiger partial charge in [-0.25, -0.2) is 0 Å². The quantitative estimate of drug-likeness (QED) is 0.838. The molecule has 1 aromatic heterocycles. The third-order valence-electron chi connectivity index (χ3n) is 1.54. The predicted octanol–water partition coefficient (Wildman–Crippen LogP) is 2.02. The van der Waals surface area contributed by atoms with E-state index in [1.54, 1.807) is 0 Å². The lowest BCUT2D eigenvalue weighted by Gasteiger charge is -2.06. The van der Waals surface area contributed by atoms with Gasteiger partial charge in [-0.1, -0.05) is 0 Å². The van der Waals surface area contributed by atoms with E-state index in [0.29, 0.717) is 18.7 Å². The number of nitrogens with zero attached hydrogens (tertiary/aromatic N) is 1. The van der Waals surface area contributed by atoms with E-state index >= 15 is 0 Å². The van der Waals surface area contributed by atoms with Gasteiger partial charge in [0.15, 0.2) is 0 Å². The van der Waals surface area contributed by atoms with Crippen molar-refractivity contribution >= 4 is 12.4 Å². The molecule has 6 heteroatoms. The van der Waals surface area contributed by atoms with Crippen molar-refractivity contribution in [2.45, 2.75) is 12.6 Å². The van der Waals surface area contributed by atoms with Crippen molar-refractivity contribution in [3.8, 4) is 0 Å². The smallest absolute Gasteiger partial charge is 0.330 e. The molecule has 0 saturated heterocycles. The van der Waals surface area contributed by atoms with Crippen molar-refractivity contribution in [2.24, 2.45) is 5.73 Å². The predicted molar refractivity (Wildman–Crippen MR) is 49.2 cm³/mol. The zero-order valence-corrected chi connectivity index (χ0v) is 8.03. The maximum absolute atomic E-state index is 12.1. The lowest BCUT2D eigenvalue weighted by atomic mass is 10.2. The molecule has 1 heterocycles. The van der Waals surface area contributed by atoms with E-state index < -0.39 is 11.7 Å². The normalized spacial score (nSPS) is 10.9. The molecule has 2 nitrogen and oxygen atoms in total. The molecule has 0 spiro atoms. The Balaban J connectivity index is 0.00000169. The Morgan fingerprint density at radius 3 is 2.50 bits per heavy atom. The van der Waals surface area contributed by atoms with Crippen LogP contribution in [-0.2, 0) is 12.6 Å². The minimum absolute atomic E-state index is 0. The van der Waals surface area contributed by atoms with Crippen LogP contribution in [0.5, 0.6) is 0 Å². The molecule has 1 aromatic rings. The molecule has 0 amide bonds. The first-order chi connectivity index (χ1) is 6.04. The van der Waals surface area contributed by atoms with Crippen molar-refractivity contribution in [1.29, 1.82) is 0 Å². The van der Waals surface area contributed by atoms with E-state index in [-0.39, 0.29) is 12.4 Å². The van der Waals surface area contributed by atoms with Gasteiger partial charge in [-0.2, -0.15) is 13.2 Å². The fourth-order valence-corrected chi connectivity index (χ4v) is 0.939. The summed E-state index contributed by atoms with van der Waals surface area (Å²) in [6.45, 7) is 0.300. The molecule has 0 atom stereocenters. The molecule has 80 valence electrons. The van der Waals surface area contributed by atoms with E-state index in [9.17, 15) is 13.2 Å². The molecule has 0 radical (unpaired) electrons. The summed E-state index contributed by atoms with van der Waals surface area (Å²) in [5.41, 5.74) is 4.90. The molecule has 0 aliphatic carbocycles. The molecular weight excluding hydrogens is 217 g/mol. The summed E-state index contributed by atoms with van der Waals surface area (Å²) >= 11 is 0. The second-order valence-electron chi connectivity index (χ2n) is 2.57. The van der Waals surface area contributed by atoms with Gasteiger partial charge in [-0.05, 0) is 18.7 Å². The Morgan fingerprint density at radius 2 is 2.00 bits per heavy atom. The fraction of sp³-hybridized carbons (Fsp3) is 0.375. The van der Waals surface area contributed by atoms with Crippen LogP contribution in [0.25, 0.3) is 0 Å². The zero-order valence-electron chi connectivity index (χ0n) is 7.21. The minimum atomic E-state index is -4.30. The van der Waals surface area contributed by atoms with Crippen LogP contribution in [0.15, 0.2) is 18.3 Å². The van der Waals surface area contributed by atoms with Gasteiger partial charge >= 0.3 is 6.18 Å². The average Bonchev–Trinajstić information content (AvgIpc) is 2.04. The number of aromatic nitrogens is 1. The van der Waals surface area contributed by atoms with Gasteiger partial charge < -0.3 is 5.73 Å². The summed E-state index contributed by atoms with van der Waals surface area (Å²) in [4.78, 5) is 3.76. The highest BCUT2D eigenvalue weighted by molar-refractivity contribution is 5.85. The zero-order chi connectivity index (χ0) is 9.90. The van der Waals surface area contributed by atoms with Crippen molar-refractivity contribution in [3.05, 3.63) is 29.6 Å². The summed E-state index contributed by atoms with van der Waals surface area (Å²) < 4.78 is 36.4. The first-order valence-corrected chi connectivity index (χ1v) is 3.76. The third kappa shape index (κ3) is 3.51. The monoisotopic (exact) mass is 226 g/mol. The lowest BCUT2D eigenvalue weighted by Crippen LogP contribution is -2.09. The Kier molecular flexibility index (Phi) is 4.87. The van der Waals surface area contributed by atoms with Crippen molar-refractivity contribution in [3.63, 3.8) is 0 Å². The molecule has 0 bridgehead atoms. The van der Waals surface area contributed by atoms with Crippen LogP contribution < -0.4 is 5.73 Å². The molecule has 0 unspecified atom stereocenters. The summed E-state index contributed by atoms with van der Waals surface area (Å²) in [5.74, 6) is 0. The van der Waals surface area contributed by atoms with Gasteiger partial charge in [0.1, 0.15) is 0 Å². The van der Waals surface area contributed by atoms with Crippen LogP contribution in [0, 0.1) is 0 Å². The Bertz CT molecular complexity index is 288. The number of hydrogen-bond acceptors (Lipinski definition) is 2. The van der Waals surface area contributed by atoms with Crippen LogP contribution in [0.1, 0.15) is 11.3 Å². The van der Waals surface area contributed by atoms with Gasteiger partial charge in [0.2, 0.25) is 0 Å². The highest BCUT2D eigenvalue weighted by Crippen LogP contribution is 2.28. The van der Waals surface area contributed by atoms with E-state index in [4.69, 9.17) is 5.73 Å². The number of halogens is 4. The second-order valence-corrected chi connectivity index (χ2v) is 2.57. The van der Waals surface area contributed by atoms with Crippen molar-refractivity contribution < 1.29 is 13.2 Å². The molecule has 14 heavy (non-hydrogen) atoms. The fourth-order valence-electron chi connectivity index (χ4n) is 0.939. The largest absolute Gasteiger partial charge is 0.416 e. The van der Waals surface area contributed by atoms with Gasteiger partial charge in [0.25, 0.3) is 0 Å². The van der Waals surface area contributed by atoms with Gasteiger partial charge in [-0.15, -0.1) is 12.4 Å². The van der Waals surface area contributed by atoms with E-state index in [1.165, 1.54) is 0 Å². The van der Waals surface area contributed by atoms with Crippen LogP contribution in [0.3, 0.4) is 0 Å². The Hall–Kier alpha value is -0.810. The topological polar surface area (TPSA) is 38.9 Å². The summed E-state index contributed by atoms with van der Waals surface area (Å²) in [6.07, 6.45) is -2.79. The SMILES string of the molecule is Cl.NCCc1cc(C(F)(F)F)ccn1.